The van der Waals surface area contributed by atoms with Gasteiger partial charge >= 0.3 is 6.18 Å². The van der Waals surface area contributed by atoms with E-state index in [-0.39, 0.29) is 16.8 Å². The van der Waals surface area contributed by atoms with E-state index in [0.717, 1.165) is 17.2 Å². The molecule has 0 radical (unpaired) electrons. The Kier molecular flexibility index (Phi) is 4.78. The third kappa shape index (κ3) is 2.92. The Hall–Kier alpha value is -2.24. The highest BCUT2D eigenvalue weighted by atomic mass is 19.4. The van der Waals surface area contributed by atoms with Crippen LogP contribution < -0.4 is 10.3 Å². The van der Waals surface area contributed by atoms with Gasteiger partial charge in [-0.1, -0.05) is 19.1 Å². The van der Waals surface area contributed by atoms with Gasteiger partial charge in [-0.05, 0) is 37.5 Å². The monoisotopic (exact) mass is 339 g/mol. The van der Waals surface area contributed by atoms with Gasteiger partial charge in [-0.3, -0.25) is 4.79 Å². The highest BCUT2D eigenvalue weighted by Crippen LogP contribution is 2.41. The average molecular weight is 339 g/mol. The van der Waals surface area contributed by atoms with Crippen LogP contribution in [0.15, 0.2) is 23.0 Å². The summed E-state index contributed by atoms with van der Waals surface area (Å²) in [6.45, 7) is 5.24. The molecule has 0 saturated heterocycles. The first kappa shape index (κ1) is 18.1. The largest absolute Gasteiger partial charge is 0.496 e. The molecule has 2 aromatic rings. The van der Waals surface area contributed by atoms with E-state index in [0.29, 0.717) is 12.2 Å². The number of ether oxygens (including phenoxy) is 1. The van der Waals surface area contributed by atoms with Crippen LogP contribution in [0.1, 0.15) is 29.3 Å². The Balaban J connectivity index is 2.98. The van der Waals surface area contributed by atoms with Crippen LogP contribution in [0.3, 0.4) is 0 Å². The second kappa shape index (κ2) is 6.34. The summed E-state index contributed by atoms with van der Waals surface area (Å²) < 4.78 is 47.2. The lowest BCUT2D eigenvalue weighted by Crippen LogP contribution is -2.25. The summed E-state index contributed by atoms with van der Waals surface area (Å²) in [7, 11) is 2.87. The molecule has 0 amide bonds. The maximum Gasteiger partial charge on any atom is 0.417 e. The van der Waals surface area contributed by atoms with Crippen molar-refractivity contribution in [3.8, 4) is 16.9 Å². The fraction of sp³-hybridized carbons (Fsp3) is 0.389. The number of hydrogen-bond donors (Lipinski definition) is 0. The number of nitrogens with zero attached hydrogens (tertiary/aromatic N) is 1. The molecule has 6 heteroatoms. The first-order valence-electron chi connectivity index (χ1n) is 7.58. The zero-order chi connectivity index (χ0) is 18.2. The average Bonchev–Trinajstić information content (AvgIpc) is 2.51. The Morgan fingerprint density at radius 3 is 2.33 bits per heavy atom. The highest BCUT2D eigenvalue weighted by Gasteiger charge is 2.37. The Morgan fingerprint density at radius 2 is 1.83 bits per heavy atom. The van der Waals surface area contributed by atoms with Crippen LogP contribution in [0.2, 0.25) is 0 Å². The summed E-state index contributed by atoms with van der Waals surface area (Å²) in [4.78, 5) is 12.6. The van der Waals surface area contributed by atoms with Crippen LogP contribution >= 0.6 is 0 Å². The minimum atomic E-state index is -4.63. The van der Waals surface area contributed by atoms with Gasteiger partial charge in [-0.15, -0.1) is 0 Å². The van der Waals surface area contributed by atoms with Crippen LogP contribution in [0.5, 0.6) is 5.75 Å². The van der Waals surface area contributed by atoms with Crippen molar-refractivity contribution in [2.75, 3.05) is 7.11 Å². The van der Waals surface area contributed by atoms with Crippen molar-refractivity contribution in [2.45, 2.75) is 33.4 Å². The number of pyridine rings is 1. The van der Waals surface area contributed by atoms with Crippen molar-refractivity contribution in [3.63, 3.8) is 0 Å². The summed E-state index contributed by atoms with van der Waals surface area (Å²) in [6, 6.07) is 4.24. The molecule has 0 atom stereocenters. The van der Waals surface area contributed by atoms with E-state index in [1.54, 1.807) is 6.07 Å². The third-order valence-corrected chi connectivity index (χ3v) is 4.30. The zero-order valence-electron chi connectivity index (χ0n) is 14.3. The highest BCUT2D eigenvalue weighted by molar-refractivity contribution is 5.76. The second-order valence-corrected chi connectivity index (χ2v) is 5.73. The number of rotatable bonds is 3. The van der Waals surface area contributed by atoms with Gasteiger partial charge in [0.1, 0.15) is 5.75 Å². The van der Waals surface area contributed by atoms with Crippen molar-refractivity contribution < 1.29 is 17.9 Å². The molecule has 0 aliphatic heterocycles. The van der Waals surface area contributed by atoms with E-state index in [9.17, 15) is 18.0 Å². The summed E-state index contributed by atoms with van der Waals surface area (Å²) in [5.41, 5.74) is 0.132. The van der Waals surface area contributed by atoms with Crippen LogP contribution in [-0.2, 0) is 19.6 Å². The SMILES string of the molecule is CCc1c(C)ccc(-c2c(C(F)(F)F)cc(C)n(C)c2=O)c1OC. The quantitative estimate of drug-likeness (QED) is 0.837. The maximum atomic E-state index is 13.5. The molecule has 2 rings (SSSR count). The molecule has 0 spiro atoms. The Morgan fingerprint density at radius 1 is 1.21 bits per heavy atom. The first-order chi connectivity index (χ1) is 11.1. The van der Waals surface area contributed by atoms with Crippen molar-refractivity contribution >= 4 is 0 Å². The lowest BCUT2D eigenvalue weighted by Gasteiger charge is -2.20. The van der Waals surface area contributed by atoms with Gasteiger partial charge in [0.2, 0.25) is 0 Å². The number of halogens is 3. The fourth-order valence-electron chi connectivity index (χ4n) is 2.90. The normalized spacial score (nSPS) is 11.7. The molecule has 0 fully saturated rings. The van der Waals surface area contributed by atoms with Crippen LogP contribution in [0.4, 0.5) is 13.2 Å². The topological polar surface area (TPSA) is 31.2 Å². The van der Waals surface area contributed by atoms with Gasteiger partial charge < -0.3 is 9.30 Å². The maximum absolute atomic E-state index is 13.5. The molecule has 0 bridgehead atoms. The van der Waals surface area contributed by atoms with E-state index < -0.39 is 17.3 Å². The minimum Gasteiger partial charge on any atom is -0.496 e. The number of aryl methyl sites for hydroxylation is 2. The van der Waals surface area contributed by atoms with Crippen molar-refractivity contribution in [3.05, 3.63) is 50.9 Å². The van der Waals surface area contributed by atoms with Gasteiger partial charge in [0.15, 0.2) is 0 Å². The number of benzene rings is 1. The summed E-state index contributed by atoms with van der Waals surface area (Å²) in [6.07, 6.45) is -4.04. The predicted octanol–water partition coefficient (Wildman–Crippen LogP) is 4.26. The zero-order valence-corrected chi connectivity index (χ0v) is 14.3. The number of alkyl halides is 3. The molecule has 0 saturated carbocycles. The smallest absolute Gasteiger partial charge is 0.417 e. The molecule has 1 aromatic carbocycles. The van der Waals surface area contributed by atoms with Crippen molar-refractivity contribution in [1.82, 2.24) is 4.57 Å². The lowest BCUT2D eigenvalue weighted by molar-refractivity contribution is -0.137. The molecule has 1 aromatic heterocycles. The lowest BCUT2D eigenvalue weighted by atomic mass is 9.94. The molecule has 24 heavy (non-hydrogen) atoms. The minimum absolute atomic E-state index is 0.174. The summed E-state index contributed by atoms with van der Waals surface area (Å²) >= 11 is 0. The molecular formula is C18H20F3NO2. The van der Waals surface area contributed by atoms with E-state index in [2.05, 4.69) is 0 Å². The predicted molar refractivity (Wildman–Crippen MR) is 87.5 cm³/mol. The van der Waals surface area contributed by atoms with Crippen molar-refractivity contribution in [2.24, 2.45) is 7.05 Å². The molecule has 3 nitrogen and oxygen atoms in total. The van der Waals surface area contributed by atoms with E-state index >= 15 is 0 Å². The van der Waals surface area contributed by atoms with E-state index in [1.807, 2.05) is 13.8 Å². The van der Waals surface area contributed by atoms with Gasteiger partial charge in [0, 0.05) is 18.3 Å². The van der Waals surface area contributed by atoms with Crippen LogP contribution in [0, 0.1) is 13.8 Å². The van der Waals surface area contributed by atoms with Gasteiger partial charge in [0.25, 0.3) is 5.56 Å². The third-order valence-electron chi connectivity index (χ3n) is 4.30. The molecule has 0 aliphatic carbocycles. The Labute approximate surface area is 138 Å². The number of methoxy groups -OCH3 is 1. The molecule has 1 heterocycles. The Bertz CT molecular complexity index is 836. The fourth-order valence-corrected chi connectivity index (χ4v) is 2.90. The summed E-state index contributed by atoms with van der Waals surface area (Å²) in [5, 5.41) is 0. The number of hydrogen-bond acceptors (Lipinski definition) is 2. The first-order valence-corrected chi connectivity index (χ1v) is 7.58. The molecule has 0 unspecified atom stereocenters. The van der Waals surface area contributed by atoms with Gasteiger partial charge in [-0.25, -0.2) is 0 Å². The van der Waals surface area contributed by atoms with Crippen LogP contribution in [-0.4, -0.2) is 11.7 Å². The molecule has 130 valence electrons. The van der Waals surface area contributed by atoms with Crippen molar-refractivity contribution in [1.29, 1.82) is 0 Å². The molecular weight excluding hydrogens is 319 g/mol. The van der Waals surface area contributed by atoms with E-state index in [4.69, 9.17) is 4.74 Å². The summed E-state index contributed by atoms with van der Waals surface area (Å²) in [5.74, 6) is 0.323. The number of aromatic nitrogens is 1. The molecule has 0 aliphatic rings. The molecule has 0 N–H and O–H groups in total. The second-order valence-electron chi connectivity index (χ2n) is 5.73. The van der Waals surface area contributed by atoms with Gasteiger partial charge in [-0.2, -0.15) is 13.2 Å². The van der Waals surface area contributed by atoms with E-state index in [1.165, 1.54) is 31.7 Å². The standard InChI is InChI=1S/C18H20F3NO2/c1-6-12-10(2)7-8-13(16(12)24-5)15-14(18(19,20)21)9-11(3)22(4)17(15)23/h7-9H,6H2,1-5H3. The van der Waals surface area contributed by atoms with Crippen LogP contribution in [0.25, 0.3) is 11.1 Å². The van der Waals surface area contributed by atoms with Gasteiger partial charge in [0.05, 0.1) is 18.2 Å².